The summed E-state index contributed by atoms with van der Waals surface area (Å²) in [6, 6.07) is 8.15. The molecule has 0 saturated heterocycles. The molecule has 0 saturated carbocycles. The second kappa shape index (κ2) is 8.31. The molecule has 2 rings (SSSR count). The lowest BCUT2D eigenvalue weighted by Gasteiger charge is -2.29. The van der Waals surface area contributed by atoms with E-state index in [1.807, 2.05) is 33.8 Å². The zero-order valence-corrected chi connectivity index (χ0v) is 17.9. The van der Waals surface area contributed by atoms with Gasteiger partial charge in [0.1, 0.15) is 11.9 Å². The van der Waals surface area contributed by atoms with Crippen LogP contribution in [-0.4, -0.2) is 26.6 Å². The van der Waals surface area contributed by atoms with Gasteiger partial charge in [0.25, 0.3) is 0 Å². The number of carbonyl (C=O) groups is 1. The van der Waals surface area contributed by atoms with Gasteiger partial charge < -0.3 is 5.32 Å². The van der Waals surface area contributed by atoms with Crippen molar-refractivity contribution in [3.8, 4) is 0 Å². The molecule has 0 aliphatic carbocycles. The van der Waals surface area contributed by atoms with Gasteiger partial charge in [0.05, 0.1) is 18.0 Å². The number of hydrogen-bond donors (Lipinski definition) is 1. The highest BCUT2D eigenvalue weighted by atomic mass is 32.2. The Morgan fingerprint density at radius 3 is 2.18 bits per heavy atom. The highest BCUT2D eigenvalue weighted by Gasteiger charge is 2.31. The molecule has 0 heterocycles. The van der Waals surface area contributed by atoms with Gasteiger partial charge in [-0.15, -0.1) is 0 Å². The molecule has 0 spiro atoms. The summed E-state index contributed by atoms with van der Waals surface area (Å²) in [5.41, 5.74) is 4.12. The molecule has 1 amide bonds. The maximum absolute atomic E-state index is 14.2. The van der Waals surface area contributed by atoms with Crippen molar-refractivity contribution in [3.05, 3.63) is 64.5 Å². The van der Waals surface area contributed by atoms with Crippen LogP contribution in [0.4, 0.5) is 10.1 Å². The average molecular weight is 407 g/mol. The van der Waals surface area contributed by atoms with E-state index in [1.165, 1.54) is 31.2 Å². The summed E-state index contributed by atoms with van der Waals surface area (Å²) < 4.78 is 39.6. The Hall–Kier alpha value is -2.41. The van der Waals surface area contributed by atoms with Crippen LogP contribution in [0.2, 0.25) is 0 Å². The molecule has 0 radical (unpaired) electrons. The number of amides is 1. The maximum atomic E-state index is 14.2. The van der Waals surface area contributed by atoms with Gasteiger partial charge in [0.2, 0.25) is 15.9 Å². The van der Waals surface area contributed by atoms with Crippen molar-refractivity contribution >= 4 is 21.6 Å². The second-order valence-corrected chi connectivity index (χ2v) is 9.07. The molecule has 2 atom stereocenters. The normalized spacial score (nSPS) is 13.7. The Morgan fingerprint density at radius 2 is 1.61 bits per heavy atom. The Kier molecular flexibility index (Phi) is 6.49. The fourth-order valence-electron chi connectivity index (χ4n) is 3.27. The van der Waals surface area contributed by atoms with E-state index in [1.54, 1.807) is 0 Å². The third kappa shape index (κ3) is 4.70. The molecule has 1 N–H and O–H groups in total. The van der Waals surface area contributed by atoms with Crippen molar-refractivity contribution in [2.24, 2.45) is 0 Å². The molecule has 5 nitrogen and oxygen atoms in total. The predicted octanol–water partition coefficient (Wildman–Crippen LogP) is 3.78. The van der Waals surface area contributed by atoms with Crippen molar-refractivity contribution in [3.63, 3.8) is 0 Å². The zero-order valence-electron chi connectivity index (χ0n) is 17.1. The van der Waals surface area contributed by atoms with Crippen LogP contribution in [0.25, 0.3) is 0 Å². The molecule has 7 heteroatoms. The van der Waals surface area contributed by atoms with Gasteiger partial charge in [-0.05, 0) is 69.0 Å². The van der Waals surface area contributed by atoms with Crippen LogP contribution in [0.3, 0.4) is 0 Å². The van der Waals surface area contributed by atoms with Crippen LogP contribution in [0.1, 0.15) is 42.1 Å². The van der Waals surface area contributed by atoms with Gasteiger partial charge in [-0.2, -0.15) is 0 Å². The quantitative estimate of drug-likeness (QED) is 0.794. The molecular formula is C21H27FN2O3S. The van der Waals surface area contributed by atoms with Gasteiger partial charge in [-0.1, -0.05) is 24.3 Å². The third-order valence-electron chi connectivity index (χ3n) is 4.89. The van der Waals surface area contributed by atoms with Crippen LogP contribution in [-0.2, 0) is 14.8 Å². The van der Waals surface area contributed by atoms with Crippen LogP contribution in [0, 0.1) is 26.6 Å². The average Bonchev–Trinajstić information content (AvgIpc) is 2.58. The maximum Gasteiger partial charge on any atom is 0.244 e. The van der Waals surface area contributed by atoms with E-state index in [4.69, 9.17) is 0 Å². The number of benzene rings is 2. The summed E-state index contributed by atoms with van der Waals surface area (Å²) in [5.74, 6) is -1.20. The van der Waals surface area contributed by atoms with Crippen molar-refractivity contribution in [2.45, 2.75) is 46.7 Å². The molecular weight excluding hydrogens is 379 g/mol. The number of sulfonamides is 1. The van der Waals surface area contributed by atoms with Crippen LogP contribution in [0.15, 0.2) is 36.4 Å². The lowest BCUT2D eigenvalue weighted by molar-refractivity contribution is -0.122. The summed E-state index contributed by atoms with van der Waals surface area (Å²) in [5, 5.41) is 2.86. The summed E-state index contributed by atoms with van der Waals surface area (Å²) in [6.45, 7) is 9.28. The fraction of sp³-hybridized carbons (Fsp3) is 0.381. The fourth-order valence-corrected chi connectivity index (χ4v) is 4.45. The van der Waals surface area contributed by atoms with E-state index in [9.17, 15) is 17.6 Å². The van der Waals surface area contributed by atoms with Crippen LogP contribution < -0.4 is 9.62 Å². The first-order valence-corrected chi connectivity index (χ1v) is 10.9. The smallest absolute Gasteiger partial charge is 0.244 e. The van der Waals surface area contributed by atoms with Gasteiger partial charge in [0.15, 0.2) is 0 Å². The molecule has 2 aromatic rings. The number of anilines is 1. The SMILES string of the molecule is Cc1cc(C)c([C@H](C)NC(=O)[C@@H](C)N(c2ccccc2F)S(C)(=O)=O)cc1C. The van der Waals surface area contributed by atoms with Gasteiger partial charge >= 0.3 is 0 Å². The third-order valence-corrected chi connectivity index (χ3v) is 6.11. The number of aryl methyl sites for hydroxylation is 3. The summed E-state index contributed by atoms with van der Waals surface area (Å²) in [6.07, 6.45) is 0.958. The van der Waals surface area contributed by atoms with Crippen molar-refractivity contribution in [1.29, 1.82) is 0 Å². The van der Waals surface area contributed by atoms with E-state index >= 15 is 0 Å². The first kappa shape index (κ1) is 21.9. The monoisotopic (exact) mass is 406 g/mol. The molecule has 0 bridgehead atoms. The molecule has 0 aliphatic rings. The predicted molar refractivity (Wildman–Crippen MR) is 110 cm³/mol. The van der Waals surface area contributed by atoms with Crippen molar-refractivity contribution < 1.29 is 17.6 Å². The standard InChI is InChI=1S/C21H27FN2O3S/c1-13-11-15(3)18(12-14(13)2)16(4)23-21(25)17(5)24(28(6,26)27)20-10-8-7-9-19(20)22/h7-12,16-17H,1-6H3,(H,23,25)/t16-,17+/m0/s1. The highest BCUT2D eigenvalue weighted by Crippen LogP contribution is 2.25. The minimum atomic E-state index is -3.87. The lowest BCUT2D eigenvalue weighted by Crippen LogP contribution is -2.48. The molecule has 2 aromatic carbocycles. The summed E-state index contributed by atoms with van der Waals surface area (Å²) in [7, 11) is -3.87. The Bertz CT molecular complexity index is 989. The number of para-hydroxylation sites is 1. The molecule has 0 fully saturated rings. The number of nitrogens with zero attached hydrogens (tertiary/aromatic N) is 1. The molecule has 28 heavy (non-hydrogen) atoms. The topological polar surface area (TPSA) is 66.5 Å². The number of halogens is 1. The van der Waals surface area contributed by atoms with Gasteiger partial charge in [-0.3, -0.25) is 9.10 Å². The van der Waals surface area contributed by atoms with Gasteiger partial charge in [0, 0.05) is 0 Å². The van der Waals surface area contributed by atoms with E-state index < -0.39 is 27.8 Å². The minimum absolute atomic E-state index is 0.150. The number of rotatable bonds is 6. The molecule has 0 aliphatic heterocycles. The summed E-state index contributed by atoms with van der Waals surface area (Å²) >= 11 is 0. The Balaban J connectivity index is 2.31. The molecule has 0 aromatic heterocycles. The highest BCUT2D eigenvalue weighted by molar-refractivity contribution is 7.92. The van der Waals surface area contributed by atoms with Crippen LogP contribution >= 0.6 is 0 Å². The van der Waals surface area contributed by atoms with Crippen LogP contribution in [0.5, 0.6) is 0 Å². The first-order valence-electron chi connectivity index (χ1n) is 9.05. The molecule has 0 unspecified atom stereocenters. The van der Waals surface area contributed by atoms with E-state index in [0.29, 0.717) is 0 Å². The zero-order chi connectivity index (χ0) is 21.2. The first-order chi connectivity index (χ1) is 12.9. The number of nitrogens with one attached hydrogen (secondary N) is 1. The number of carbonyl (C=O) groups excluding carboxylic acids is 1. The molecule has 152 valence electrons. The van der Waals surface area contributed by atoms with E-state index in [0.717, 1.165) is 32.8 Å². The van der Waals surface area contributed by atoms with E-state index in [-0.39, 0.29) is 11.7 Å². The van der Waals surface area contributed by atoms with Gasteiger partial charge in [-0.25, -0.2) is 12.8 Å². The van der Waals surface area contributed by atoms with Crippen molar-refractivity contribution in [2.75, 3.05) is 10.6 Å². The Labute approximate surface area is 166 Å². The van der Waals surface area contributed by atoms with Crippen molar-refractivity contribution in [1.82, 2.24) is 5.32 Å². The van der Waals surface area contributed by atoms with E-state index in [2.05, 4.69) is 11.4 Å². The largest absolute Gasteiger partial charge is 0.348 e. The second-order valence-electron chi connectivity index (χ2n) is 7.21. The Morgan fingerprint density at radius 1 is 1.04 bits per heavy atom. The minimum Gasteiger partial charge on any atom is -0.348 e. The lowest BCUT2D eigenvalue weighted by atomic mass is 9.96. The number of hydrogen-bond acceptors (Lipinski definition) is 3. The summed E-state index contributed by atoms with van der Waals surface area (Å²) in [4.78, 5) is 12.8.